The molecule has 0 bridgehead atoms. The van der Waals surface area contributed by atoms with E-state index in [1.165, 1.54) is 0 Å². The van der Waals surface area contributed by atoms with E-state index in [1.807, 2.05) is 53.6 Å². The molecule has 1 aliphatic heterocycles. The molecule has 1 aliphatic rings. The molecule has 2 aromatic rings. The molecule has 2 heterocycles. The van der Waals surface area contributed by atoms with Crippen LogP contribution in [-0.4, -0.2) is 28.7 Å². The van der Waals surface area contributed by atoms with Crippen LogP contribution in [0.3, 0.4) is 0 Å². The summed E-state index contributed by atoms with van der Waals surface area (Å²) in [6, 6.07) is 13.8. The fourth-order valence-electron chi connectivity index (χ4n) is 2.79. The molecule has 4 nitrogen and oxygen atoms in total. The molecule has 1 saturated heterocycles. The summed E-state index contributed by atoms with van der Waals surface area (Å²) in [5.74, 6) is 0. The van der Waals surface area contributed by atoms with Gasteiger partial charge in [0.1, 0.15) is 0 Å². The van der Waals surface area contributed by atoms with Crippen molar-refractivity contribution in [2.45, 2.75) is 23.8 Å². The Hall–Kier alpha value is -2.01. The van der Waals surface area contributed by atoms with E-state index in [1.54, 1.807) is 18.0 Å². The summed E-state index contributed by atoms with van der Waals surface area (Å²) < 4.78 is 0. The largest absolute Gasteiger partial charge is 0.322 e. The van der Waals surface area contributed by atoms with Gasteiger partial charge in [0.15, 0.2) is 0 Å². The summed E-state index contributed by atoms with van der Waals surface area (Å²) in [5.41, 5.74) is 1.80. The van der Waals surface area contributed by atoms with Gasteiger partial charge >= 0.3 is 6.03 Å². The molecule has 5 heteroatoms. The third-order valence-electron chi connectivity index (χ3n) is 3.86. The Morgan fingerprint density at radius 1 is 1.32 bits per heavy atom. The lowest BCUT2D eigenvalue weighted by Gasteiger charge is -2.24. The number of amides is 2. The van der Waals surface area contributed by atoms with Crippen LogP contribution in [0.2, 0.25) is 0 Å². The molecule has 1 N–H and O–H groups in total. The summed E-state index contributed by atoms with van der Waals surface area (Å²) in [4.78, 5) is 20.0. The van der Waals surface area contributed by atoms with Crippen LogP contribution in [0.4, 0.5) is 10.5 Å². The lowest BCUT2D eigenvalue weighted by molar-refractivity contribution is 0.206. The average molecular weight is 313 g/mol. The number of carbonyl (C=O) groups excluding carboxylic acids is 1. The minimum Gasteiger partial charge on any atom is -0.316 e. The van der Waals surface area contributed by atoms with Gasteiger partial charge in [0.2, 0.25) is 0 Å². The van der Waals surface area contributed by atoms with Crippen molar-refractivity contribution in [2.24, 2.45) is 0 Å². The number of benzene rings is 1. The van der Waals surface area contributed by atoms with Crippen LogP contribution in [0.15, 0.2) is 53.6 Å². The van der Waals surface area contributed by atoms with Crippen molar-refractivity contribution in [1.82, 2.24) is 9.88 Å². The Morgan fingerprint density at radius 2 is 2.23 bits per heavy atom. The molecule has 0 saturated carbocycles. The van der Waals surface area contributed by atoms with Gasteiger partial charge < -0.3 is 10.2 Å². The van der Waals surface area contributed by atoms with E-state index in [9.17, 15) is 4.79 Å². The number of urea groups is 1. The summed E-state index contributed by atoms with van der Waals surface area (Å²) in [5, 5.41) is 3.00. The molecule has 114 valence electrons. The van der Waals surface area contributed by atoms with Crippen molar-refractivity contribution < 1.29 is 4.79 Å². The normalized spacial score (nSPS) is 17.5. The van der Waals surface area contributed by atoms with Crippen LogP contribution >= 0.6 is 11.8 Å². The van der Waals surface area contributed by atoms with E-state index in [-0.39, 0.29) is 12.1 Å². The number of hydrogen-bond acceptors (Lipinski definition) is 3. The Balaban J connectivity index is 1.73. The second-order valence-electron chi connectivity index (χ2n) is 5.27. The van der Waals surface area contributed by atoms with Gasteiger partial charge in [-0.3, -0.25) is 4.98 Å². The highest BCUT2D eigenvalue weighted by Crippen LogP contribution is 2.31. The van der Waals surface area contributed by atoms with Gasteiger partial charge in [0.05, 0.1) is 11.7 Å². The molecule has 22 heavy (non-hydrogen) atoms. The minimum atomic E-state index is -0.0496. The molecule has 1 aromatic carbocycles. The van der Waals surface area contributed by atoms with Gasteiger partial charge in [0.25, 0.3) is 0 Å². The SMILES string of the molecule is CSc1cccc(NC(=O)N2CCCC2c2ccccn2)c1. The number of thioether (sulfide) groups is 1. The molecule has 0 aliphatic carbocycles. The smallest absolute Gasteiger partial charge is 0.316 e. The van der Waals surface area contributed by atoms with E-state index in [2.05, 4.69) is 10.3 Å². The van der Waals surface area contributed by atoms with Crippen molar-refractivity contribution in [1.29, 1.82) is 0 Å². The van der Waals surface area contributed by atoms with Crippen LogP contribution in [0.1, 0.15) is 24.6 Å². The highest BCUT2D eigenvalue weighted by molar-refractivity contribution is 7.98. The summed E-state index contributed by atoms with van der Waals surface area (Å²) in [7, 11) is 0. The topological polar surface area (TPSA) is 45.2 Å². The Labute approximate surface area is 134 Å². The van der Waals surface area contributed by atoms with Gasteiger partial charge in [-0.15, -0.1) is 11.8 Å². The van der Waals surface area contributed by atoms with E-state index in [0.717, 1.165) is 35.7 Å². The highest BCUT2D eigenvalue weighted by Gasteiger charge is 2.30. The van der Waals surface area contributed by atoms with Crippen molar-refractivity contribution in [3.05, 3.63) is 54.4 Å². The zero-order valence-electron chi connectivity index (χ0n) is 12.5. The Morgan fingerprint density at radius 3 is 3.00 bits per heavy atom. The lowest BCUT2D eigenvalue weighted by Crippen LogP contribution is -2.34. The molecular formula is C17H19N3OS. The molecule has 1 unspecified atom stereocenters. The number of likely N-dealkylation sites (tertiary alicyclic amines) is 1. The Bertz CT molecular complexity index is 647. The van der Waals surface area contributed by atoms with Crippen molar-refractivity contribution in [3.8, 4) is 0 Å². The maximum atomic E-state index is 12.6. The first-order chi connectivity index (χ1) is 10.8. The van der Waals surface area contributed by atoms with Gasteiger partial charge in [-0.2, -0.15) is 0 Å². The predicted molar refractivity (Wildman–Crippen MR) is 90.2 cm³/mol. The van der Waals surface area contributed by atoms with Crippen LogP contribution in [0.25, 0.3) is 0 Å². The number of aromatic nitrogens is 1. The number of nitrogens with one attached hydrogen (secondary N) is 1. The molecule has 2 amide bonds. The summed E-state index contributed by atoms with van der Waals surface area (Å²) in [6.45, 7) is 0.773. The number of pyridine rings is 1. The van der Waals surface area contributed by atoms with E-state index >= 15 is 0 Å². The van der Waals surface area contributed by atoms with Crippen molar-refractivity contribution >= 4 is 23.5 Å². The summed E-state index contributed by atoms with van der Waals surface area (Å²) in [6.07, 6.45) is 5.79. The number of carbonyl (C=O) groups is 1. The number of hydrogen-bond donors (Lipinski definition) is 1. The van der Waals surface area contributed by atoms with E-state index < -0.39 is 0 Å². The molecule has 1 aromatic heterocycles. The first kappa shape index (κ1) is 14.9. The number of rotatable bonds is 3. The van der Waals surface area contributed by atoms with Crippen molar-refractivity contribution in [2.75, 3.05) is 18.1 Å². The number of nitrogens with zero attached hydrogens (tertiary/aromatic N) is 2. The Kier molecular flexibility index (Phi) is 4.63. The van der Waals surface area contributed by atoms with Crippen LogP contribution in [0, 0.1) is 0 Å². The first-order valence-electron chi connectivity index (χ1n) is 7.40. The fourth-order valence-corrected chi connectivity index (χ4v) is 3.25. The molecule has 1 fully saturated rings. The maximum Gasteiger partial charge on any atom is 0.322 e. The molecule has 3 rings (SSSR count). The quantitative estimate of drug-likeness (QED) is 0.865. The lowest BCUT2D eigenvalue weighted by atomic mass is 10.1. The number of anilines is 1. The predicted octanol–water partition coefficient (Wildman–Crippen LogP) is 4.17. The zero-order chi connectivity index (χ0) is 15.4. The van der Waals surface area contributed by atoms with E-state index in [0.29, 0.717) is 0 Å². The molecule has 0 radical (unpaired) electrons. The van der Waals surface area contributed by atoms with Crippen LogP contribution in [-0.2, 0) is 0 Å². The second-order valence-corrected chi connectivity index (χ2v) is 6.15. The van der Waals surface area contributed by atoms with Crippen molar-refractivity contribution in [3.63, 3.8) is 0 Å². The zero-order valence-corrected chi connectivity index (χ0v) is 13.3. The van der Waals surface area contributed by atoms with E-state index in [4.69, 9.17) is 0 Å². The summed E-state index contributed by atoms with van der Waals surface area (Å²) >= 11 is 1.66. The first-order valence-corrected chi connectivity index (χ1v) is 8.63. The molecule has 1 atom stereocenters. The molecule has 0 spiro atoms. The highest BCUT2D eigenvalue weighted by atomic mass is 32.2. The van der Waals surface area contributed by atoms with Gasteiger partial charge in [-0.05, 0) is 49.4 Å². The van der Waals surface area contributed by atoms with Gasteiger partial charge in [-0.1, -0.05) is 12.1 Å². The minimum absolute atomic E-state index is 0.0496. The van der Waals surface area contributed by atoms with Gasteiger partial charge in [0, 0.05) is 23.3 Å². The fraction of sp³-hybridized carbons (Fsp3) is 0.294. The van der Waals surface area contributed by atoms with Gasteiger partial charge in [-0.25, -0.2) is 4.79 Å². The average Bonchev–Trinajstić information content (AvgIpc) is 3.05. The maximum absolute atomic E-state index is 12.6. The monoisotopic (exact) mass is 313 g/mol. The third kappa shape index (κ3) is 3.25. The standard InChI is InChI=1S/C17H19N3OS/c1-22-14-7-4-6-13(12-14)19-17(21)20-11-5-9-16(20)15-8-2-3-10-18-15/h2-4,6-8,10,12,16H,5,9,11H2,1H3,(H,19,21). The molecular weight excluding hydrogens is 294 g/mol. The van der Waals surface area contributed by atoms with Crippen LogP contribution in [0.5, 0.6) is 0 Å². The third-order valence-corrected chi connectivity index (χ3v) is 4.59. The van der Waals surface area contributed by atoms with Crippen LogP contribution < -0.4 is 5.32 Å². The second kappa shape index (κ2) is 6.83.